The van der Waals surface area contributed by atoms with E-state index in [1.807, 2.05) is 0 Å². The third-order valence-corrected chi connectivity index (χ3v) is 2.64. The van der Waals surface area contributed by atoms with Crippen LogP contribution in [0, 0.1) is 10.1 Å². The van der Waals surface area contributed by atoms with Crippen molar-refractivity contribution in [1.29, 1.82) is 0 Å². The Morgan fingerprint density at radius 3 is 2.14 bits per heavy atom. The quantitative estimate of drug-likeness (QED) is 0.283. The molecule has 22 heavy (non-hydrogen) atoms. The molecule has 112 valence electrons. The van der Waals surface area contributed by atoms with Crippen LogP contribution in [0.25, 0.3) is 0 Å². The smallest absolute Gasteiger partial charge is 0.258 e. The lowest BCUT2D eigenvalue weighted by atomic mass is 10.1. The number of rotatable bonds is 3. The van der Waals surface area contributed by atoms with Gasteiger partial charge in [0.05, 0.1) is 15.3 Å². The third-order valence-electron chi connectivity index (χ3n) is 2.64. The molecule has 0 saturated heterocycles. The van der Waals surface area contributed by atoms with Crippen molar-refractivity contribution in [1.82, 2.24) is 0 Å². The Kier molecular flexibility index (Phi) is 4.33. The number of benzene rings is 2. The van der Waals surface area contributed by atoms with Gasteiger partial charge in [0.1, 0.15) is 10.8 Å². The number of nitro groups is 1. The maximum atomic E-state index is 13.0. The normalized spacial score (nSPS) is 10.7. The molecular formula is C14H9F3N3O2+. The molecule has 2 rings (SSSR count). The maximum Gasteiger partial charge on any atom is 0.500 e. The molecule has 0 aliphatic carbocycles. The highest BCUT2D eigenvalue weighted by Crippen LogP contribution is 2.22. The molecule has 0 amide bonds. The average Bonchev–Trinajstić information content (AvgIpc) is 2.47. The number of non-ortho nitro benzene ring substituents is 1. The van der Waals surface area contributed by atoms with Crippen LogP contribution >= 0.6 is 0 Å². The van der Waals surface area contributed by atoms with Crippen molar-refractivity contribution in [3.63, 3.8) is 0 Å². The van der Waals surface area contributed by atoms with Crippen molar-refractivity contribution in [3.05, 3.63) is 70.3 Å². The lowest BCUT2D eigenvalue weighted by Gasteiger charge is -1.98. The topological polar surface area (TPSA) is 69.6 Å². The summed E-state index contributed by atoms with van der Waals surface area (Å²) in [7, 11) is 0. The molecule has 0 atom stereocenters. The Morgan fingerprint density at radius 2 is 1.64 bits per heavy atom. The Bertz CT molecular complexity index is 734. The highest BCUT2D eigenvalue weighted by Gasteiger charge is 2.47. The molecule has 0 bridgehead atoms. The van der Waals surface area contributed by atoms with Crippen LogP contribution in [0.1, 0.15) is 5.56 Å². The number of nitrogens with zero attached hydrogens (tertiary/aromatic N) is 3. The summed E-state index contributed by atoms with van der Waals surface area (Å²) in [5.74, 6) is 0. The second-order valence-electron chi connectivity index (χ2n) is 4.19. The monoisotopic (exact) mass is 308 g/mol. The average molecular weight is 308 g/mol. The van der Waals surface area contributed by atoms with Crippen LogP contribution in [-0.2, 0) is 0 Å². The molecule has 5 nitrogen and oxygen atoms in total. The molecule has 8 heteroatoms. The third kappa shape index (κ3) is 3.77. The summed E-state index contributed by atoms with van der Waals surface area (Å²) >= 11 is 0. The Morgan fingerprint density at radius 1 is 1.05 bits per heavy atom. The molecule has 0 saturated carbocycles. The van der Waals surface area contributed by atoms with E-state index < -0.39 is 16.8 Å². The van der Waals surface area contributed by atoms with Crippen LogP contribution in [0.15, 0.2) is 59.7 Å². The van der Waals surface area contributed by atoms with E-state index in [1.54, 1.807) is 6.07 Å². The minimum absolute atomic E-state index is 0.0864. The van der Waals surface area contributed by atoms with E-state index in [0.717, 1.165) is 12.1 Å². The van der Waals surface area contributed by atoms with Gasteiger partial charge in [0, 0.05) is 12.1 Å². The summed E-state index contributed by atoms with van der Waals surface area (Å²) < 4.78 is 39.0. The first kappa shape index (κ1) is 15.4. The first-order chi connectivity index (χ1) is 10.4. The van der Waals surface area contributed by atoms with Gasteiger partial charge < -0.3 is 0 Å². The lowest BCUT2D eigenvalue weighted by molar-refractivity contribution is -0.384. The van der Waals surface area contributed by atoms with E-state index in [0.29, 0.717) is 0 Å². The molecule has 0 N–H and O–H groups in total. The van der Waals surface area contributed by atoms with Crippen molar-refractivity contribution in [3.8, 4) is 0 Å². The van der Waals surface area contributed by atoms with Crippen molar-refractivity contribution < 1.29 is 22.9 Å². The van der Waals surface area contributed by atoms with Gasteiger partial charge >= 0.3 is 11.9 Å². The first-order valence-electron chi connectivity index (χ1n) is 6.03. The van der Waals surface area contributed by atoms with Crippen molar-refractivity contribution >= 4 is 17.1 Å². The van der Waals surface area contributed by atoms with Crippen LogP contribution < -0.4 is 0 Å². The largest absolute Gasteiger partial charge is 0.500 e. The van der Waals surface area contributed by atoms with Gasteiger partial charge in [-0.05, 0) is 24.3 Å². The van der Waals surface area contributed by atoms with E-state index in [1.165, 1.54) is 36.4 Å². The van der Waals surface area contributed by atoms with Crippen LogP contribution in [0.5, 0.6) is 0 Å². The Hall–Kier alpha value is -2.99. The Labute approximate surface area is 122 Å². The molecular weight excluding hydrogens is 299 g/mol. The summed E-state index contributed by atoms with van der Waals surface area (Å²) in [6.45, 7) is 0. The molecule has 0 radical (unpaired) electrons. The zero-order valence-electron chi connectivity index (χ0n) is 11.0. The SMILES string of the molecule is O=[N+]([O-])c1ccc(N=[N+]=C(c2ccccc2)C(F)(F)F)cc1. The number of hydrogen-bond donors (Lipinski definition) is 0. The second-order valence-corrected chi connectivity index (χ2v) is 4.19. The summed E-state index contributed by atoms with van der Waals surface area (Å²) in [6, 6.07) is 11.8. The van der Waals surface area contributed by atoms with E-state index in [9.17, 15) is 23.3 Å². The summed E-state index contributed by atoms with van der Waals surface area (Å²) in [6.07, 6.45) is -4.66. The minimum Gasteiger partial charge on any atom is -0.258 e. The maximum absolute atomic E-state index is 13.0. The van der Waals surface area contributed by atoms with Crippen LogP contribution in [-0.4, -0.2) is 21.6 Å². The van der Waals surface area contributed by atoms with Gasteiger partial charge in [-0.25, -0.2) is 0 Å². The van der Waals surface area contributed by atoms with Gasteiger partial charge in [0.2, 0.25) is 0 Å². The molecule has 0 fully saturated rings. The van der Waals surface area contributed by atoms with Crippen LogP contribution in [0.4, 0.5) is 24.5 Å². The van der Waals surface area contributed by atoms with Crippen molar-refractivity contribution in [2.45, 2.75) is 6.18 Å². The summed E-state index contributed by atoms with van der Waals surface area (Å²) in [5.41, 5.74) is -1.34. The molecule has 2 aromatic carbocycles. The fourth-order valence-electron chi connectivity index (χ4n) is 1.62. The highest BCUT2D eigenvalue weighted by atomic mass is 19.4. The van der Waals surface area contributed by atoms with Crippen LogP contribution in [0.2, 0.25) is 0 Å². The zero-order chi connectivity index (χ0) is 16.2. The molecule has 0 aliphatic rings. The van der Waals surface area contributed by atoms with Crippen LogP contribution in [0.3, 0.4) is 0 Å². The predicted octanol–water partition coefficient (Wildman–Crippen LogP) is 3.94. The van der Waals surface area contributed by atoms with Crippen molar-refractivity contribution in [2.24, 2.45) is 5.11 Å². The minimum atomic E-state index is -4.66. The standard InChI is InChI=1S/C14H9F3N3O2/c15-14(16,17)13(10-4-2-1-3-5-10)19-18-11-6-8-12(9-7-11)20(21)22/h1-9H/q+1. The predicted molar refractivity (Wildman–Crippen MR) is 72.1 cm³/mol. The van der Waals surface area contributed by atoms with Gasteiger partial charge in [0.25, 0.3) is 5.69 Å². The highest BCUT2D eigenvalue weighted by molar-refractivity contribution is 6.00. The van der Waals surface area contributed by atoms with Gasteiger partial charge in [-0.15, -0.1) is 0 Å². The second kappa shape index (κ2) is 6.19. The number of hydrogen-bond acceptors (Lipinski definition) is 3. The van der Waals surface area contributed by atoms with E-state index in [4.69, 9.17) is 0 Å². The van der Waals surface area contributed by atoms with Crippen molar-refractivity contribution in [2.75, 3.05) is 0 Å². The molecule has 0 unspecified atom stereocenters. The van der Waals surface area contributed by atoms with Gasteiger partial charge in [-0.1, -0.05) is 18.2 Å². The lowest BCUT2D eigenvalue weighted by Crippen LogP contribution is -2.25. The molecule has 0 spiro atoms. The molecule has 0 aliphatic heterocycles. The Balaban J connectivity index is 2.43. The van der Waals surface area contributed by atoms with E-state index in [-0.39, 0.29) is 16.9 Å². The zero-order valence-corrected chi connectivity index (χ0v) is 11.0. The first-order valence-corrected chi connectivity index (χ1v) is 6.03. The van der Waals surface area contributed by atoms with Gasteiger partial charge in [-0.3, -0.25) is 10.1 Å². The fraction of sp³-hybridized carbons (Fsp3) is 0.0714. The molecule has 2 aromatic rings. The summed E-state index contributed by atoms with van der Waals surface area (Å²) in [5, 5.41) is 14.0. The van der Waals surface area contributed by atoms with E-state index >= 15 is 0 Å². The van der Waals surface area contributed by atoms with Gasteiger partial charge in [-0.2, -0.15) is 13.2 Å². The fourth-order valence-corrected chi connectivity index (χ4v) is 1.62. The molecule has 0 heterocycles. The van der Waals surface area contributed by atoms with E-state index in [2.05, 4.69) is 9.90 Å². The number of alkyl halides is 3. The summed E-state index contributed by atoms with van der Waals surface area (Å²) in [4.78, 5) is 13.1. The number of halogens is 3. The number of nitro benzene ring substituents is 1. The molecule has 0 aromatic heterocycles. The van der Waals surface area contributed by atoms with Gasteiger partial charge in [0.15, 0.2) is 0 Å².